The molecule has 15 heteroatoms. The summed E-state index contributed by atoms with van der Waals surface area (Å²) in [5.41, 5.74) is 0.691. The smallest absolute Gasteiger partial charge is 0.326 e. The molecule has 286 valence electrons. The van der Waals surface area contributed by atoms with Gasteiger partial charge in [0.2, 0.25) is 23.5 Å². The van der Waals surface area contributed by atoms with Crippen molar-refractivity contribution in [1.29, 1.82) is 0 Å². The molecule has 2 heterocycles. The van der Waals surface area contributed by atoms with Crippen molar-refractivity contribution in [1.82, 2.24) is 36.1 Å². The van der Waals surface area contributed by atoms with Gasteiger partial charge in [-0.2, -0.15) is 0 Å². The fourth-order valence-electron chi connectivity index (χ4n) is 7.22. The number of nitrogens with zero attached hydrogens (tertiary/aromatic N) is 3. The number of carboxylic acid groups (broad SMARTS) is 1. The van der Waals surface area contributed by atoms with E-state index in [-0.39, 0.29) is 42.8 Å². The van der Waals surface area contributed by atoms with Gasteiger partial charge in [-0.15, -0.1) is 0 Å². The monoisotopic (exact) mass is 733 g/mol. The molecular weight excluding hydrogens is 682 g/mol. The average Bonchev–Trinajstić information content (AvgIpc) is 3.74. The SMILES string of the molecule is CCCC(NC(=O)C1[C@H]2CCCC2CN1C(=O)[C@@H](NC(=O)C(NC(=O)c1cnccn1)C(C)C)C(C)C)C(=O)C(=O)N[C@@H](Cc1ccccc1)C(=O)O. The molecule has 15 nitrogen and oxygen atoms in total. The van der Waals surface area contributed by atoms with Crippen LogP contribution in [0.4, 0.5) is 0 Å². The number of ketones is 1. The highest BCUT2D eigenvalue weighted by atomic mass is 16.4. The van der Waals surface area contributed by atoms with E-state index in [0.29, 0.717) is 18.4 Å². The van der Waals surface area contributed by atoms with E-state index in [4.69, 9.17) is 0 Å². The molecule has 1 aliphatic heterocycles. The first kappa shape index (κ1) is 40.6. The third-order valence-corrected chi connectivity index (χ3v) is 10.0. The molecule has 1 aliphatic carbocycles. The minimum absolute atomic E-state index is 0.0332. The van der Waals surface area contributed by atoms with Crippen LogP contribution in [0.15, 0.2) is 48.9 Å². The van der Waals surface area contributed by atoms with Crippen molar-refractivity contribution in [3.63, 3.8) is 0 Å². The second-order valence-corrected chi connectivity index (χ2v) is 14.6. The number of carbonyl (C=O) groups excluding carboxylic acids is 6. The number of fused-ring (bicyclic) bond motifs is 1. The minimum atomic E-state index is -1.37. The maximum atomic E-state index is 14.3. The van der Waals surface area contributed by atoms with Gasteiger partial charge < -0.3 is 31.3 Å². The van der Waals surface area contributed by atoms with E-state index in [0.717, 1.165) is 12.8 Å². The summed E-state index contributed by atoms with van der Waals surface area (Å²) in [6.45, 7) is 9.13. The fourth-order valence-corrected chi connectivity index (χ4v) is 7.22. The predicted molar refractivity (Wildman–Crippen MR) is 193 cm³/mol. The lowest BCUT2D eigenvalue weighted by Gasteiger charge is -2.34. The number of hydrogen-bond acceptors (Lipinski definition) is 9. The first-order valence-corrected chi connectivity index (χ1v) is 18.3. The molecule has 7 atom stereocenters. The lowest BCUT2D eigenvalue weighted by Crippen LogP contribution is -2.60. The van der Waals surface area contributed by atoms with Crippen LogP contribution in [0, 0.1) is 23.7 Å². The second kappa shape index (κ2) is 18.5. The number of carbonyl (C=O) groups is 7. The number of hydrogen-bond donors (Lipinski definition) is 5. The van der Waals surface area contributed by atoms with Crippen LogP contribution >= 0.6 is 0 Å². The van der Waals surface area contributed by atoms with Gasteiger partial charge in [-0.05, 0) is 48.5 Å². The molecule has 5 amide bonds. The molecule has 1 aromatic heterocycles. The fraction of sp³-hybridized carbons (Fsp3) is 0.553. The summed E-state index contributed by atoms with van der Waals surface area (Å²) in [6.07, 6.45) is 6.93. The van der Waals surface area contributed by atoms with E-state index in [1.807, 2.05) is 0 Å². The average molecular weight is 734 g/mol. The van der Waals surface area contributed by atoms with Crippen LogP contribution in [0.1, 0.15) is 82.8 Å². The molecule has 1 saturated heterocycles. The number of aliphatic carboxylic acids is 1. The van der Waals surface area contributed by atoms with Crippen LogP contribution in [0.2, 0.25) is 0 Å². The Labute approximate surface area is 309 Å². The van der Waals surface area contributed by atoms with E-state index in [1.54, 1.807) is 65.0 Å². The second-order valence-electron chi connectivity index (χ2n) is 14.6. The number of benzene rings is 1. The maximum absolute atomic E-state index is 14.3. The molecule has 0 spiro atoms. The lowest BCUT2D eigenvalue weighted by molar-refractivity contribution is -0.146. The van der Waals surface area contributed by atoms with Crippen molar-refractivity contribution in [3.8, 4) is 0 Å². The number of Topliss-reactive ketones (excluding diaryl/α,β-unsaturated/α-hetero) is 1. The van der Waals surface area contributed by atoms with E-state index < -0.39 is 77.4 Å². The van der Waals surface area contributed by atoms with Gasteiger partial charge >= 0.3 is 5.97 Å². The van der Waals surface area contributed by atoms with Crippen LogP contribution < -0.4 is 21.3 Å². The van der Waals surface area contributed by atoms with Gasteiger partial charge in [-0.3, -0.25) is 33.8 Å². The Morgan fingerprint density at radius 2 is 1.57 bits per heavy atom. The largest absolute Gasteiger partial charge is 0.480 e. The van der Waals surface area contributed by atoms with Gasteiger partial charge in [0.1, 0.15) is 29.9 Å². The van der Waals surface area contributed by atoms with Crippen LogP contribution in [0.3, 0.4) is 0 Å². The highest BCUT2D eigenvalue weighted by Crippen LogP contribution is 2.42. The predicted octanol–water partition coefficient (Wildman–Crippen LogP) is 1.67. The molecule has 2 fully saturated rings. The van der Waals surface area contributed by atoms with Crippen molar-refractivity contribution in [2.75, 3.05) is 6.54 Å². The van der Waals surface area contributed by atoms with E-state index in [9.17, 15) is 38.7 Å². The molecule has 1 aromatic carbocycles. The zero-order valence-corrected chi connectivity index (χ0v) is 30.9. The Morgan fingerprint density at radius 3 is 2.17 bits per heavy atom. The highest BCUT2D eigenvalue weighted by molar-refractivity contribution is 6.38. The molecular formula is C38H51N7O8. The Morgan fingerprint density at radius 1 is 0.868 bits per heavy atom. The number of amides is 5. The van der Waals surface area contributed by atoms with Crippen LogP contribution in [0.5, 0.6) is 0 Å². The van der Waals surface area contributed by atoms with Crippen molar-refractivity contribution in [2.24, 2.45) is 23.7 Å². The summed E-state index contributed by atoms with van der Waals surface area (Å²) in [5.74, 6) is -6.53. The maximum Gasteiger partial charge on any atom is 0.326 e. The van der Waals surface area contributed by atoms with Gasteiger partial charge in [-0.25, -0.2) is 9.78 Å². The molecule has 4 rings (SSSR count). The Hall–Kier alpha value is -5.21. The molecule has 0 radical (unpaired) electrons. The Bertz CT molecular complexity index is 1640. The van der Waals surface area contributed by atoms with Crippen LogP contribution in [-0.2, 0) is 35.2 Å². The molecule has 2 aliphatic rings. The molecule has 0 bridgehead atoms. The Balaban J connectivity index is 1.50. The molecule has 2 aromatic rings. The van der Waals surface area contributed by atoms with Gasteiger partial charge in [-0.1, -0.05) is 77.8 Å². The third kappa shape index (κ3) is 10.2. The number of nitrogens with one attached hydrogen (secondary N) is 4. The topological polar surface area (TPSA) is 217 Å². The summed E-state index contributed by atoms with van der Waals surface area (Å²) >= 11 is 0. The van der Waals surface area contributed by atoms with Gasteiger partial charge in [0.05, 0.1) is 12.2 Å². The summed E-state index contributed by atoms with van der Waals surface area (Å²) in [5, 5.41) is 20.3. The molecule has 1 saturated carbocycles. The van der Waals surface area contributed by atoms with Crippen LogP contribution in [-0.4, -0.2) is 98.0 Å². The zero-order chi connectivity index (χ0) is 38.8. The number of rotatable bonds is 17. The van der Waals surface area contributed by atoms with Gasteiger partial charge in [0, 0.05) is 25.4 Å². The summed E-state index contributed by atoms with van der Waals surface area (Å²) < 4.78 is 0. The quantitative estimate of drug-likeness (QED) is 0.148. The minimum Gasteiger partial charge on any atom is -0.480 e. The van der Waals surface area contributed by atoms with Crippen LogP contribution in [0.25, 0.3) is 0 Å². The van der Waals surface area contributed by atoms with Gasteiger partial charge in [0.15, 0.2) is 0 Å². The summed E-state index contributed by atoms with van der Waals surface area (Å²) in [6, 6.07) is 3.07. The first-order chi connectivity index (χ1) is 25.2. The third-order valence-electron chi connectivity index (χ3n) is 10.0. The van der Waals surface area contributed by atoms with E-state index in [1.165, 1.54) is 23.5 Å². The van der Waals surface area contributed by atoms with E-state index >= 15 is 0 Å². The summed E-state index contributed by atoms with van der Waals surface area (Å²) in [7, 11) is 0. The molecule has 53 heavy (non-hydrogen) atoms. The Kier molecular flexibility index (Phi) is 14.2. The lowest BCUT2D eigenvalue weighted by atomic mass is 9.92. The van der Waals surface area contributed by atoms with Crippen molar-refractivity contribution in [3.05, 3.63) is 60.2 Å². The number of carboxylic acids is 1. The van der Waals surface area contributed by atoms with Gasteiger partial charge in [0.25, 0.3) is 11.8 Å². The number of likely N-dealkylation sites (tertiary alicyclic amines) is 1. The summed E-state index contributed by atoms with van der Waals surface area (Å²) in [4.78, 5) is 103. The molecule has 5 N–H and O–H groups in total. The van der Waals surface area contributed by atoms with E-state index in [2.05, 4.69) is 31.2 Å². The normalized spacial score (nSPS) is 20.1. The van der Waals surface area contributed by atoms with Crippen molar-refractivity contribution < 1.29 is 38.7 Å². The zero-order valence-electron chi connectivity index (χ0n) is 30.9. The highest BCUT2D eigenvalue weighted by Gasteiger charge is 2.51. The standard InChI is InChI=1S/C38H51N7O8/c1-6-11-26(32(46)36(50)42-27(38(52)53)18-23-12-8-7-9-13-23)41-35(49)31-25-15-10-14-24(25)20-45(31)37(51)30(22(4)5)44-34(48)29(21(2)3)43-33(47)28-19-39-16-17-40-28/h7-9,12-13,16-17,19,21-22,24-27,29-31H,6,10-11,14-15,18,20H2,1-5H3,(H,41,49)(H,42,50)(H,43,47)(H,44,48)(H,52,53)/t24?,25-,26?,27-,29?,30-,31?/m0/s1. The van der Waals surface area contributed by atoms with Crippen molar-refractivity contribution >= 4 is 41.3 Å². The number of aromatic nitrogens is 2. The molecule has 4 unspecified atom stereocenters. The first-order valence-electron chi connectivity index (χ1n) is 18.3. The van der Waals surface area contributed by atoms with Crippen molar-refractivity contribution in [2.45, 2.75) is 103 Å².